The van der Waals surface area contributed by atoms with Gasteiger partial charge in [0.1, 0.15) is 18.3 Å². The van der Waals surface area contributed by atoms with Crippen LogP contribution in [0.15, 0.2) is 78.9 Å². The van der Waals surface area contributed by atoms with Crippen molar-refractivity contribution in [2.24, 2.45) is 17.8 Å². The smallest absolute Gasteiger partial charge is 0.244 e. The van der Waals surface area contributed by atoms with Crippen LogP contribution in [0.4, 0.5) is 5.69 Å². The number of ether oxygens (including phenoxy) is 1. The first-order valence-corrected chi connectivity index (χ1v) is 18.2. The van der Waals surface area contributed by atoms with Crippen LogP contribution in [0.3, 0.4) is 0 Å². The number of benzene rings is 3. The number of carbonyl (C=O) groups is 2. The summed E-state index contributed by atoms with van der Waals surface area (Å²) in [7, 11) is -0.716. The van der Waals surface area contributed by atoms with Gasteiger partial charge in [-0.3, -0.25) is 13.9 Å². The van der Waals surface area contributed by atoms with Gasteiger partial charge < -0.3 is 15.0 Å². The van der Waals surface area contributed by atoms with Crippen LogP contribution in [-0.4, -0.2) is 58.1 Å². The van der Waals surface area contributed by atoms with Crippen molar-refractivity contribution in [2.45, 2.75) is 62.9 Å². The van der Waals surface area contributed by atoms with E-state index in [1.165, 1.54) is 53.3 Å². The molecular formula is C37H45N3O5S. The van der Waals surface area contributed by atoms with Crippen LogP contribution in [-0.2, 0) is 38.0 Å². The number of hydrogen-bond donors (Lipinski definition) is 1. The fraction of sp³-hybridized carbons (Fsp3) is 0.459. The third-order valence-electron chi connectivity index (χ3n) is 10.5. The van der Waals surface area contributed by atoms with Gasteiger partial charge in [0, 0.05) is 20.0 Å². The molecular weight excluding hydrogens is 598 g/mol. The molecule has 0 aromatic heterocycles. The summed E-state index contributed by atoms with van der Waals surface area (Å²) >= 11 is 0. The number of sulfonamides is 1. The lowest BCUT2D eigenvalue weighted by atomic mass is 9.48. The van der Waals surface area contributed by atoms with Crippen LogP contribution < -0.4 is 14.4 Å². The minimum atomic E-state index is -3.83. The van der Waals surface area contributed by atoms with Crippen molar-refractivity contribution in [1.82, 2.24) is 10.2 Å². The van der Waals surface area contributed by atoms with Crippen molar-refractivity contribution in [3.63, 3.8) is 0 Å². The number of nitrogens with zero attached hydrogens (tertiary/aromatic N) is 2. The Balaban J connectivity index is 1.30. The molecule has 4 fully saturated rings. The van der Waals surface area contributed by atoms with E-state index in [2.05, 4.69) is 17.4 Å². The van der Waals surface area contributed by atoms with Gasteiger partial charge in [0.25, 0.3) is 0 Å². The zero-order valence-corrected chi connectivity index (χ0v) is 27.8. The lowest BCUT2D eigenvalue weighted by Gasteiger charge is -2.57. The Morgan fingerprint density at radius 1 is 0.891 bits per heavy atom. The molecule has 0 spiro atoms. The molecule has 1 unspecified atom stereocenters. The molecule has 2 amide bonds. The van der Waals surface area contributed by atoms with Crippen molar-refractivity contribution >= 4 is 27.5 Å². The number of hydrogen-bond acceptors (Lipinski definition) is 5. The van der Waals surface area contributed by atoms with Crippen molar-refractivity contribution < 1.29 is 22.7 Å². The van der Waals surface area contributed by atoms with Gasteiger partial charge in [0.2, 0.25) is 21.8 Å². The first-order valence-electron chi connectivity index (χ1n) is 16.3. The minimum absolute atomic E-state index is 0.101. The molecule has 8 nitrogen and oxygen atoms in total. The summed E-state index contributed by atoms with van der Waals surface area (Å²) in [4.78, 5) is 29.1. The molecule has 244 valence electrons. The maximum absolute atomic E-state index is 14.3. The van der Waals surface area contributed by atoms with E-state index in [9.17, 15) is 18.0 Å². The second-order valence-electron chi connectivity index (χ2n) is 13.7. The number of carbonyl (C=O) groups excluding carboxylic acids is 2. The molecule has 1 atom stereocenters. The first-order chi connectivity index (χ1) is 22.1. The highest BCUT2D eigenvalue weighted by Gasteiger charge is 2.51. The maximum Gasteiger partial charge on any atom is 0.244 e. The monoisotopic (exact) mass is 643 g/mol. The number of likely N-dealkylation sites (N-methyl/N-ethyl adjacent to an activating group) is 1. The number of nitrogens with one attached hydrogen (secondary N) is 1. The Bertz CT molecular complexity index is 1620. The average Bonchev–Trinajstić information content (AvgIpc) is 3.04. The van der Waals surface area contributed by atoms with Gasteiger partial charge in [-0.25, -0.2) is 8.42 Å². The summed E-state index contributed by atoms with van der Waals surface area (Å²) in [6.07, 6.45) is 9.11. The zero-order chi connectivity index (χ0) is 32.5. The van der Waals surface area contributed by atoms with Crippen LogP contribution >= 0.6 is 0 Å². The van der Waals surface area contributed by atoms with E-state index in [1.807, 2.05) is 66.7 Å². The normalized spacial score (nSPS) is 23.8. The van der Waals surface area contributed by atoms with Gasteiger partial charge in [-0.2, -0.15) is 0 Å². The summed E-state index contributed by atoms with van der Waals surface area (Å²) in [6, 6.07) is 23.9. The molecule has 7 rings (SSSR count). The highest BCUT2D eigenvalue weighted by atomic mass is 32.2. The fourth-order valence-electron chi connectivity index (χ4n) is 8.75. The molecule has 9 heteroatoms. The SMILES string of the molecule is CNC(=O)C(Cc1ccccc1)N(Cc1cccc(OC)c1)C(=O)CN(c1ccc(C23CC4CC(CC(C4)C2)C3)cc1)S(C)(=O)=O. The Morgan fingerprint density at radius 2 is 1.50 bits per heavy atom. The molecule has 4 aliphatic rings. The van der Waals surface area contributed by atoms with Crippen LogP contribution in [0.25, 0.3) is 0 Å². The van der Waals surface area contributed by atoms with E-state index in [0.29, 0.717) is 11.4 Å². The van der Waals surface area contributed by atoms with E-state index < -0.39 is 28.5 Å². The molecule has 1 N–H and O–H groups in total. The van der Waals surface area contributed by atoms with Crippen molar-refractivity contribution in [3.05, 3.63) is 95.6 Å². The molecule has 46 heavy (non-hydrogen) atoms. The Morgan fingerprint density at radius 3 is 2.07 bits per heavy atom. The van der Waals surface area contributed by atoms with E-state index in [1.54, 1.807) is 14.2 Å². The number of anilines is 1. The average molecular weight is 644 g/mol. The predicted molar refractivity (Wildman–Crippen MR) is 180 cm³/mol. The van der Waals surface area contributed by atoms with Gasteiger partial charge in [-0.15, -0.1) is 0 Å². The Hall–Kier alpha value is -3.85. The molecule has 0 heterocycles. The second kappa shape index (κ2) is 13.1. The first kappa shape index (κ1) is 32.1. The predicted octanol–water partition coefficient (Wildman–Crippen LogP) is 5.32. The van der Waals surface area contributed by atoms with Crippen LogP contribution in [0.2, 0.25) is 0 Å². The largest absolute Gasteiger partial charge is 0.497 e. The molecule has 0 saturated heterocycles. The molecule has 0 aliphatic heterocycles. The second-order valence-corrected chi connectivity index (χ2v) is 15.6. The van der Waals surface area contributed by atoms with Gasteiger partial charge in [0.05, 0.1) is 19.1 Å². The van der Waals surface area contributed by atoms with Crippen LogP contribution in [0.5, 0.6) is 5.75 Å². The van der Waals surface area contributed by atoms with E-state index in [-0.39, 0.29) is 24.3 Å². The fourth-order valence-corrected chi connectivity index (χ4v) is 9.60. The molecule has 4 saturated carbocycles. The molecule has 3 aromatic rings. The van der Waals surface area contributed by atoms with E-state index in [4.69, 9.17) is 4.74 Å². The van der Waals surface area contributed by atoms with E-state index in [0.717, 1.165) is 35.1 Å². The quantitative estimate of drug-likeness (QED) is 0.289. The Kier molecular flexibility index (Phi) is 9.15. The number of amides is 2. The summed E-state index contributed by atoms with van der Waals surface area (Å²) in [6.45, 7) is -0.328. The molecule has 3 aromatic carbocycles. The number of methoxy groups -OCH3 is 1. The number of rotatable bonds is 12. The highest BCUT2D eigenvalue weighted by molar-refractivity contribution is 7.92. The third kappa shape index (κ3) is 6.80. The van der Waals surface area contributed by atoms with Gasteiger partial charge in [-0.1, -0.05) is 54.6 Å². The molecule has 0 radical (unpaired) electrons. The molecule has 4 aliphatic carbocycles. The van der Waals surface area contributed by atoms with Crippen LogP contribution in [0, 0.1) is 17.8 Å². The summed E-state index contributed by atoms with van der Waals surface area (Å²) < 4.78 is 33.1. The van der Waals surface area contributed by atoms with Crippen molar-refractivity contribution in [2.75, 3.05) is 31.3 Å². The maximum atomic E-state index is 14.3. The van der Waals surface area contributed by atoms with E-state index >= 15 is 0 Å². The summed E-state index contributed by atoms with van der Waals surface area (Å²) in [5.74, 6) is 2.23. The Labute approximate surface area is 273 Å². The minimum Gasteiger partial charge on any atom is -0.497 e. The topological polar surface area (TPSA) is 96.0 Å². The summed E-state index contributed by atoms with van der Waals surface area (Å²) in [5, 5.41) is 2.72. The standard InChI is InChI=1S/C37H45N3O5S/c1-38-36(42)34(20-26-8-5-4-6-9-26)39(24-27-10-7-11-33(19-27)45-2)35(41)25-40(46(3,43)44)32-14-12-31(13-15-32)37-21-28-16-29(22-37)18-30(17-28)23-37/h4-15,19,28-30,34H,16-18,20-25H2,1-3H3,(H,38,42). The van der Waals surface area contributed by atoms with Crippen LogP contribution in [0.1, 0.15) is 55.2 Å². The molecule has 4 bridgehead atoms. The lowest BCUT2D eigenvalue weighted by molar-refractivity contribution is -0.139. The third-order valence-corrected chi connectivity index (χ3v) is 11.6. The van der Waals surface area contributed by atoms with Gasteiger partial charge in [-0.05, 0) is 103 Å². The summed E-state index contributed by atoms with van der Waals surface area (Å²) in [5.41, 5.74) is 3.58. The van der Waals surface area contributed by atoms with Crippen molar-refractivity contribution in [3.8, 4) is 5.75 Å². The van der Waals surface area contributed by atoms with Gasteiger partial charge >= 0.3 is 0 Å². The lowest BCUT2D eigenvalue weighted by Crippen LogP contribution is -2.52. The van der Waals surface area contributed by atoms with Gasteiger partial charge in [0.15, 0.2) is 0 Å². The zero-order valence-electron chi connectivity index (χ0n) is 27.0. The van der Waals surface area contributed by atoms with Crippen molar-refractivity contribution in [1.29, 1.82) is 0 Å². The highest BCUT2D eigenvalue weighted by Crippen LogP contribution is 2.60.